The number of nitrogens with one attached hydrogen (secondary N) is 1. The van der Waals surface area contributed by atoms with E-state index in [0.29, 0.717) is 11.1 Å². The van der Waals surface area contributed by atoms with Gasteiger partial charge in [0.25, 0.3) is 0 Å². The number of rotatable bonds is 5. The number of hydrogen-bond donors (Lipinski definition) is 2. The lowest BCUT2D eigenvalue weighted by Crippen LogP contribution is -2.24. The summed E-state index contributed by atoms with van der Waals surface area (Å²) in [5.41, 5.74) is 7.89. The van der Waals surface area contributed by atoms with Crippen LogP contribution >= 0.6 is 34.8 Å². The molecule has 1 aromatic carbocycles. The van der Waals surface area contributed by atoms with E-state index in [9.17, 15) is 9.59 Å². The Kier molecular flexibility index (Phi) is 7.17. The number of aromatic nitrogens is 2. The number of hydrogen-bond acceptors (Lipinski definition) is 9. The van der Waals surface area contributed by atoms with Crippen LogP contribution in [0.4, 0.5) is 10.5 Å². The van der Waals surface area contributed by atoms with Crippen molar-refractivity contribution >= 4 is 58.3 Å². The Morgan fingerprint density at radius 2 is 1.79 bits per heavy atom. The molecule has 0 aliphatic rings. The van der Waals surface area contributed by atoms with E-state index in [4.69, 9.17) is 50.5 Å². The molecule has 29 heavy (non-hydrogen) atoms. The Balaban J connectivity index is 2.27. The Labute approximate surface area is 179 Å². The van der Waals surface area contributed by atoms with Gasteiger partial charge in [0.1, 0.15) is 6.07 Å². The van der Waals surface area contributed by atoms with Crippen molar-refractivity contribution < 1.29 is 19.1 Å². The summed E-state index contributed by atoms with van der Waals surface area (Å²) in [6.07, 6.45) is -1.37. The number of benzene rings is 1. The number of anilines is 1. The highest BCUT2D eigenvalue weighted by Gasteiger charge is 2.18. The van der Waals surface area contributed by atoms with Gasteiger partial charge in [-0.25, -0.2) is 9.59 Å². The summed E-state index contributed by atoms with van der Waals surface area (Å²) in [4.78, 5) is 22.0. The molecule has 0 bridgehead atoms. The summed E-state index contributed by atoms with van der Waals surface area (Å²) in [5.74, 6) is -1.07. The highest BCUT2D eigenvalue weighted by molar-refractivity contribution is 6.44. The fourth-order valence-electron chi connectivity index (χ4n) is 1.85. The maximum absolute atomic E-state index is 11.5. The largest absolute Gasteiger partial charge is 0.434 e. The second-order valence-electron chi connectivity index (χ2n) is 5.31. The summed E-state index contributed by atoms with van der Waals surface area (Å²) in [6, 6.07) is 4.19. The lowest BCUT2D eigenvalue weighted by Gasteiger charge is -2.13. The van der Waals surface area contributed by atoms with Gasteiger partial charge in [0, 0.05) is 5.56 Å². The molecule has 0 saturated carbocycles. The molecule has 1 aromatic heterocycles. The molecule has 2 aromatic rings. The minimum Gasteiger partial charge on any atom is -0.434 e. The van der Waals surface area contributed by atoms with E-state index in [1.165, 1.54) is 18.2 Å². The smallest absolute Gasteiger partial charge is 0.412 e. The Hall–Kier alpha value is -3.13. The molecule has 0 aliphatic carbocycles. The molecule has 0 atom stereocenters. The van der Waals surface area contributed by atoms with Crippen LogP contribution in [0.5, 0.6) is 11.6 Å². The first-order valence-electron chi connectivity index (χ1n) is 7.55. The number of carbonyl (C=O) groups is 2. The predicted octanol–water partition coefficient (Wildman–Crippen LogP) is 3.76. The van der Waals surface area contributed by atoms with Crippen LogP contribution < -0.4 is 15.9 Å². The van der Waals surface area contributed by atoms with Gasteiger partial charge in [-0.1, -0.05) is 34.8 Å². The van der Waals surface area contributed by atoms with Crippen molar-refractivity contribution in [1.29, 1.82) is 5.26 Å². The third-order valence-corrected chi connectivity index (χ3v) is 4.33. The number of carbonyl (C=O) groups excluding carboxylic acids is 2. The number of primary amides is 1. The zero-order valence-electron chi connectivity index (χ0n) is 14.8. The predicted molar refractivity (Wildman–Crippen MR) is 105 cm³/mol. The molecule has 10 nitrogen and oxygen atoms in total. The fourth-order valence-corrected chi connectivity index (χ4v) is 2.59. The monoisotopic (exact) mass is 456 g/mol. The Morgan fingerprint density at radius 3 is 2.34 bits per heavy atom. The first-order valence-corrected chi connectivity index (χ1v) is 8.69. The standard InChI is InChI=1S/C16H11Cl3N6O4/c1-6-7(2)14(25-24-13(6)19)28-12-9(17)3-8(4-10(12)18)22-23-11(5-20)15(26)29-16(21)27/h3-4,22H,1-2H3,(H2,21,27). The number of nitriles is 1. The minimum atomic E-state index is -1.37. The maximum atomic E-state index is 11.5. The van der Waals surface area contributed by atoms with E-state index in [0.717, 1.165) is 0 Å². The van der Waals surface area contributed by atoms with Crippen LogP contribution in [0.2, 0.25) is 15.2 Å². The second-order valence-corrected chi connectivity index (χ2v) is 6.48. The molecule has 1 heterocycles. The SMILES string of the molecule is Cc1c(Cl)nnc(Oc2c(Cl)cc(NN=C(C#N)C(=O)OC(N)=O)cc2Cl)c1C. The first kappa shape index (κ1) is 22.2. The molecular formula is C16H11Cl3N6O4. The van der Waals surface area contributed by atoms with Gasteiger partial charge in [-0.05, 0) is 31.5 Å². The topological polar surface area (TPSA) is 153 Å². The summed E-state index contributed by atoms with van der Waals surface area (Å²) in [6.45, 7) is 3.50. The van der Waals surface area contributed by atoms with E-state index in [1.807, 2.05) is 0 Å². The Morgan fingerprint density at radius 1 is 1.17 bits per heavy atom. The van der Waals surface area contributed by atoms with Gasteiger partial charge >= 0.3 is 12.1 Å². The molecule has 0 spiro atoms. The molecule has 0 radical (unpaired) electrons. The lowest BCUT2D eigenvalue weighted by molar-refractivity contribution is -0.129. The van der Waals surface area contributed by atoms with Gasteiger partial charge in [0.2, 0.25) is 11.6 Å². The van der Waals surface area contributed by atoms with Crippen LogP contribution in [-0.4, -0.2) is 28.0 Å². The number of amides is 1. The van der Waals surface area contributed by atoms with Gasteiger partial charge in [-0.15, -0.1) is 10.2 Å². The van der Waals surface area contributed by atoms with E-state index in [-0.39, 0.29) is 32.5 Å². The highest BCUT2D eigenvalue weighted by Crippen LogP contribution is 2.39. The van der Waals surface area contributed by atoms with Crippen molar-refractivity contribution in [1.82, 2.24) is 10.2 Å². The molecule has 1 amide bonds. The van der Waals surface area contributed by atoms with E-state index >= 15 is 0 Å². The number of ether oxygens (including phenoxy) is 2. The normalized spacial score (nSPS) is 10.8. The minimum absolute atomic E-state index is 0.0715. The van der Waals surface area contributed by atoms with Crippen LogP contribution in [0.15, 0.2) is 17.2 Å². The molecule has 13 heteroatoms. The van der Waals surface area contributed by atoms with E-state index < -0.39 is 17.8 Å². The van der Waals surface area contributed by atoms with Crippen LogP contribution in [0.1, 0.15) is 11.1 Å². The Bertz CT molecular complexity index is 1040. The summed E-state index contributed by atoms with van der Waals surface area (Å²) < 4.78 is 9.72. The van der Waals surface area contributed by atoms with Gasteiger partial charge < -0.3 is 15.2 Å². The van der Waals surface area contributed by atoms with Crippen molar-refractivity contribution in [2.24, 2.45) is 10.8 Å². The van der Waals surface area contributed by atoms with Crippen molar-refractivity contribution in [3.63, 3.8) is 0 Å². The van der Waals surface area contributed by atoms with Crippen molar-refractivity contribution in [3.8, 4) is 17.7 Å². The number of nitrogens with two attached hydrogens (primary N) is 1. The summed E-state index contributed by atoms with van der Waals surface area (Å²) in [5, 5.41) is 20.5. The van der Waals surface area contributed by atoms with E-state index in [2.05, 4.69) is 25.5 Å². The summed E-state index contributed by atoms with van der Waals surface area (Å²) in [7, 11) is 0. The van der Waals surface area contributed by atoms with Gasteiger partial charge in [0.15, 0.2) is 10.9 Å². The van der Waals surface area contributed by atoms with Crippen LogP contribution in [0.3, 0.4) is 0 Å². The second kappa shape index (κ2) is 9.38. The van der Waals surface area contributed by atoms with Crippen LogP contribution in [0, 0.1) is 25.2 Å². The number of esters is 1. The van der Waals surface area contributed by atoms with E-state index in [1.54, 1.807) is 13.8 Å². The van der Waals surface area contributed by atoms with Crippen molar-refractivity contribution in [3.05, 3.63) is 38.5 Å². The lowest BCUT2D eigenvalue weighted by atomic mass is 10.2. The van der Waals surface area contributed by atoms with Crippen LogP contribution in [0.25, 0.3) is 0 Å². The molecule has 0 aliphatic heterocycles. The van der Waals surface area contributed by atoms with Crippen LogP contribution in [-0.2, 0) is 9.53 Å². The van der Waals surface area contributed by atoms with Crippen molar-refractivity contribution in [2.75, 3.05) is 5.43 Å². The molecule has 3 N–H and O–H groups in total. The van der Waals surface area contributed by atoms with Gasteiger partial charge in [0.05, 0.1) is 15.7 Å². The molecule has 0 fully saturated rings. The number of halogens is 3. The molecule has 2 rings (SSSR count). The highest BCUT2D eigenvalue weighted by atomic mass is 35.5. The zero-order chi connectivity index (χ0) is 21.7. The zero-order valence-corrected chi connectivity index (χ0v) is 17.1. The third-order valence-electron chi connectivity index (χ3n) is 3.41. The number of hydrazone groups is 1. The molecular weight excluding hydrogens is 447 g/mol. The average Bonchev–Trinajstić information content (AvgIpc) is 2.64. The third kappa shape index (κ3) is 5.45. The maximum Gasteiger partial charge on any atom is 0.412 e. The quantitative estimate of drug-likeness (QED) is 0.298. The van der Waals surface area contributed by atoms with Gasteiger partial charge in [-0.2, -0.15) is 10.4 Å². The average molecular weight is 458 g/mol. The van der Waals surface area contributed by atoms with Gasteiger partial charge in [-0.3, -0.25) is 5.43 Å². The molecule has 150 valence electrons. The molecule has 0 unspecified atom stereocenters. The molecule has 0 saturated heterocycles. The fraction of sp³-hybridized carbons (Fsp3) is 0.125. The first-order chi connectivity index (χ1) is 13.6. The summed E-state index contributed by atoms with van der Waals surface area (Å²) >= 11 is 18.3. The van der Waals surface area contributed by atoms with Crippen molar-refractivity contribution in [2.45, 2.75) is 13.8 Å². The number of nitrogens with zero attached hydrogens (tertiary/aromatic N) is 4.